The highest BCUT2D eigenvalue weighted by atomic mass is 16.5. The Morgan fingerprint density at radius 3 is 2.62 bits per heavy atom. The fraction of sp³-hybridized carbons (Fsp3) is 0.353. The zero-order chi connectivity index (χ0) is 19.3. The molecule has 0 radical (unpaired) electrons. The maximum Gasteiger partial charge on any atom is 0.342 e. The zero-order valence-corrected chi connectivity index (χ0v) is 14.6. The predicted molar refractivity (Wildman–Crippen MR) is 89.7 cm³/mol. The number of hydrogen-bond donors (Lipinski definition) is 3. The third kappa shape index (κ3) is 4.05. The van der Waals surface area contributed by atoms with Crippen molar-refractivity contribution in [3.05, 3.63) is 35.0 Å². The van der Waals surface area contributed by atoms with Crippen molar-refractivity contribution in [2.45, 2.75) is 19.9 Å². The first kappa shape index (κ1) is 19.1. The van der Waals surface area contributed by atoms with Crippen LogP contribution in [-0.2, 0) is 14.3 Å². The summed E-state index contributed by atoms with van der Waals surface area (Å²) in [7, 11) is 1.35. The predicted octanol–water partition coefficient (Wildman–Crippen LogP) is 1.08. The van der Waals surface area contributed by atoms with Crippen molar-refractivity contribution in [3.63, 3.8) is 0 Å². The molecule has 1 aliphatic rings. The molecule has 140 valence electrons. The second-order valence-corrected chi connectivity index (χ2v) is 5.37. The lowest BCUT2D eigenvalue weighted by Gasteiger charge is -2.26. The number of methoxy groups -OCH3 is 1. The summed E-state index contributed by atoms with van der Waals surface area (Å²) in [6.07, 6.45) is 0. The highest BCUT2D eigenvalue weighted by molar-refractivity contribution is 5.96. The molecule has 0 bridgehead atoms. The Hall–Kier alpha value is -3.23. The second-order valence-electron chi connectivity index (χ2n) is 5.37. The van der Waals surface area contributed by atoms with Crippen LogP contribution in [0.5, 0.6) is 11.5 Å². The van der Waals surface area contributed by atoms with Crippen molar-refractivity contribution >= 4 is 18.0 Å². The van der Waals surface area contributed by atoms with Gasteiger partial charge in [0.25, 0.3) is 0 Å². The molecule has 0 aliphatic carbocycles. The molecule has 1 aromatic rings. The van der Waals surface area contributed by atoms with Crippen molar-refractivity contribution in [2.24, 2.45) is 0 Å². The van der Waals surface area contributed by atoms with Gasteiger partial charge >= 0.3 is 18.0 Å². The lowest BCUT2D eigenvalue weighted by molar-refractivity contribution is -0.139. The van der Waals surface area contributed by atoms with E-state index in [4.69, 9.17) is 14.2 Å². The number of carbonyl (C=O) groups is 3. The highest BCUT2D eigenvalue weighted by Gasteiger charge is 2.30. The Kier molecular flexibility index (Phi) is 6.05. The van der Waals surface area contributed by atoms with Gasteiger partial charge in [-0.05, 0) is 26.0 Å². The van der Waals surface area contributed by atoms with Crippen LogP contribution < -0.4 is 15.4 Å². The smallest absolute Gasteiger partial charge is 0.342 e. The first-order valence-electron chi connectivity index (χ1n) is 7.89. The van der Waals surface area contributed by atoms with Crippen LogP contribution in [0.3, 0.4) is 0 Å². The van der Waals surface area contributed by atoms with Gasteiger partial charge in [0.05, 0.1) is 31.0 Å². The van der Waals surface area contributed by atoms with Crippen LogP contribution in [0.1, 0.15) is 24.2 Å². The van der Waals surface area contributed by atoms with Gasteiger partial charge in [-0.3, -0.25) is 0 Å². The number of rotatable bonds is 6. The van der Waals surface area contributed by atoms with Crippen LogP contribution in [-0.4, -0.2) is 49.4 Å². The Labute approximate surface area is 149 Å². The number of hydrogen-bond acceptors (Lipinski definition) is 7. The van der Waals surface area contributed by atoms with Crippen LogP contribution in [0.25, 0.3) is 0 Å². The normalized spacial score (nSPS) is 16.4. The third-order valence-electron chi connectivity index (χ3n) is 3.65. The van der Waals surface area contributed by atoms with E-state index in [2.05, 4.69) is 10.6 Å². The average Bonchev–Trinajstić information content (AvgIpc) is 2.59. The molecule has 0 spiro atoms. The molecule has 9 nitrogen and oxygen atoms in total. The molecule has 1 aromatic carbocycles. The van der Waals surface area contributed by atoms with E-state index in [1.807, 2.05) is 0 Å². The number of aromatic hydroxyl groups is 1. The highest BCUT2D eigenvalue weighted by Crippen LogP contribution is 2.30. The van der Waals surface area contributed by atoms with E-state index in [-0.39, 0.29) is 41.5 Å². The number of amides is 2. The minimum Gasteiger partial charge on any atom is -0.504 e. The van der Waals surface area contributed by atoms with Gasteiger partial charge in [-0.1, -0.05) is 6.07 Å². The van der Waals surface area contributed by atoms with Gasteiger partial charge in [0.15, 0.2) is 11.5 Å². The van der Waals surface area contributed by atoms with E-state index in [1.165, 1.54) is 25.3 Å². The summed E-state index contributed by atoms with van der Waals surface area (Å²) in [6.45, 7) is 3.05. The molecule has 0 aromatic heterocycles. The van der Waals surface area contributed by atoms with Crippen LogP contribution in [0, 0.1) is 0 Å². The Balaban J connectivity index is 2.21. The van der Waals surface area contributed by atoms with E-state index >= 15 is 0 Å². The number of esters is 2. The molecular weight excluding hydrogens is 344 g/mol. The van der Waals surface area contributed by atoms with Gasteiger partial charge in [-0.15, -0.1) is 0 Å². The number of urea groups is 1. The van der Waals surface area contributed by atoms with Crippen LogP contribution >= 0.6 is 0 Å². The minimum atomic E-state index is -0.836. The lowest BCUT2D eigenvalue weighted by Crippen LogP contribution is -2.50. The Morgan fingerprint density at radius 1 is 1.23 bits per heavy atom. The molecule has 3 N–H and O–H groups in total. The van der Waals surface area contributed by atoms with E-state index in [0.717, 1.165) is 0 Å². The van der Waals surface area contributed by atoms with Gasteiger partial charge < -0.3 is 30.0 Å². The molecule has 2 amide bonds. The lowest BCUT2D eigenvalue weighted by atomic mass is 10.0. The summed E-state index contributed by atoms with van der Waals surface area (Å²) < 4.78 is 15.1. The molecule has 1 heterocycles. The van der Waals surface area contributed by atoms with Crippen molar-refractivity contribution < 1.29 is 33.7 Å². The number of benzene rings is 1. The van der Waals surface area contributed by atoms with Crippen molar-refractivity contribution in [3.8, 4) is 11.5 Å². The Morgan fingerprint density at radius 2 is 1.96 bits per heavy atom. The van der Waals surface area contributed by atoms with E-state index < -0.39 is 24.0 Å². The van der Waals surface area contributed by atoms with Crippen molar-refractivity contribution in [2.75, 3.05) is 20.3 Å². The SMILES string of the molecule is CCOC(=O)C1=C(COC(=O)c2cccc(OC)c2O)NC(=O)NC1C. The fourth-order valence-corrected chi connectivity index (χ4v) is 2.46. The molecule has 0 fully saturated rings. The topological polar surface area (TPSA) is 123 Å². The first-order chi connectivity index (χ1) is 12.4. The number of ether oxygens (including phenoxy) is 3. The second kappa shape index (κ2) is 8.24. The first-order valence-corrected chi connectivity index (χ1v) is 7.89. The van der Waals surface area contributed by atoms with Gasteiger partial charge in [0.2, 0.25) is 0 Å². The van der Waals surface area contributed by atoms with E-state index in [0.29, 0.717) is 0 Å². The summed E-state index contributed by atoms with van der Waals surface area (Å²) in [4.78, 5) is 36.0. The maximum atomic E-state index is 12.2. The zero-order valence-electron chi connectivity index (χ0n) is 14.6. The number of phenols is 1. The summed E-state index contributed by atoms with van der Waals surface area (Å²) in [5.41, 5.74) is 0.181. The molecule has 1 aliphatic heterocycles. The number of nitrogens with one attached hydrogen (secondary N) is 2. The monoisotopic (exact) mass is 364 g/mol. The van der Waals surface area contributed by atoms with Gasteiger partial charge in [-0.2, -0.15) is 0 Å². The van der Waals surface area contributed by atoms with E-state index in [1.54, 1.807) is 13.8 Å². The quantitative estimate of drug-likeness (QED) is 0.645. The third-order valence-corrected chi connectivity index (χ3v) is 3.65. The summed E-state index contributed by atoms with van der Waals surface area (Å²) in [5, 5.41) is 15.0. The van der Waals surface area contributed by atoms with Crippen LogP contribution in [0.4, 0.5) is 4.79 Å². The van der Waals surface area contributed by atoms with Crippen molar-refractivity contribution in [1.82, 2.24) is 10.6 Å². The van der Waals surface area contributed by atoms with Crippen LogP contribution in [0.15, 0.2) is 29.5 Å². The molecule has 26 heavy (non-hydrogen) atoms. The maximum absolute atomic E-state index is 12.2. The Bertz CT molecular complexity index is 757. The largest absolute Gasteiger partial charge is 0.504 e. The number of para-hydroxylation sites is 1. The standard InChI is InChI=1S/C17H20N2O7/c1-4-25-16(22)13-9(2)18-17(23)19-11(13)8-26-15(21)10-6-5-7-12(24-3)14(10)20/h5-7,9,20H,4,8H2,1-3H3,(H2,18,19,23). The molecule has 9 heteroatoms. The van der Waals surface area contributed by atoms with E-state index in [9.17, 15) is 19.5 Å². The average molecular weight is 364 g/mol. The molecule has 0 saturated carbocycles. The molecule has 1 atom stereocenters. The van der Waals surface area contributed by atoms with Crippen molar-refractivity contribution in [1.29, 1.82) is 0 Å². The minimum absolute atomic E-state index is 0.101. The molecule has 1 unspecified atom stereocenters. The fourth-order valence-electron chi connectivity index (χ4n) is 2.46. The summed E-state index contributed by atoms with van der Waals surface area (Å²) in [6, 6.07) is 3.24. The van der Waals surface area contributed by atoms with Gasteiger partial charge in [0.1, 0.15) is 12.2 Å². The van der Waals surface area contributed by atoms with Gasteiger partial charge in [-0.25, -0.2) is 14.4 Å². The summed E-state index contributed by atoms with van der Waals surface area (Å²) in [5.74, 6) is -1.70. The number of carbonyl (C=O) groups excluding carboxylic acids is 3. The molecular formula is C17H20N2O7. The van der Waals surface area contributed by atoms with Crippen LogP contribution in [0.2, 0.25) is 0 Å². The number of phenolic OH excluding ortho intramolecular Hbond substituents is 1. The molecule has 0 saturated heterocycles. The van der Waals surface area contributed by atoms with Gasteiger partial charge in [0, 0.05) is 0 Å². The summed E-state index contributed by atoms with van der Waals surface area (Å²) >= 11 is 0. The molecule has 2 rings (SSSR count).